The van der Waals surface area contributed by atoms with Crippen molar-refractivity contribution in [1.82, 2.24) is 9.80 Å². The van der Waals surface area contributed by atoms with E-state index in [1.165, 1.54) is 55.5 Å². The highest BCUT2D eigenvalue weighted by atomic mass is 16.5. The summed E-state index contributed by atoms with van der Waals surface area (Å²) >= 11 is 0. The van der Waals surface area contributed by atoms with Gasteiger partial charge in [-0.2, -0.15) is 0 Å². The van der Waals surface area contributed by atoms with Gasteiger partial charge in [-0.1, -0.05) is 36.4 Å². The quantitative estimate of drug-likeness (QED) is 0.720. The van der Waals surface area contributed by atoms with E-state index < -0.39 is 0 Å². The Morgan fingerprint density at radius 2 is 1.61 bits per heavy atom. The minimum atomic E-state index is 0.237. The molecule has 5 nitrogen and oxygen atoms in total. The lowest BCUT2D eigenvalue weighted by Gasteiger charge is -2.57. The van der Waals surface area contributed by atoms with Crippen LogP contribution >= 0.6 is 0 Å². The largest absolute Gasteiger partial charge is 0.497 e. The van der Waals surface area contributed by atoms with Gasteiger partial charge in [0.1, 0.15) is 5.75 Å². The van der Waals surface area contributed by atoms with Crippen LogP contribution in [0.25, 0.3) is 11.1 Å². The van der Waals surface area contributed by atoms with E-state index in [1.807, 2.05) is 12.1 Å². The Morgan fingerprint density at radius 1 is 0.939 bits per heavy atom. The van der Waals surface area contributed by atoms with Crippen LogP contribution in [0.2, 0.25) is 0 Å². The van der Waals surface area contributed by atoms with Crippen LogP contribution in [0.5, 0.6) is 5.75 Å². The first-order valence-electron chi connectivity index (χ1n) is 12.7. The summed E-state index contributed by atoms with van der Waals surface area (Å²) in [6.45, 7) is 6.70. The van der Waals surface area contributed by atoms with E-state index >= 15 is 0 Å². The predicted molar refractivity (Wildman–Crippen MR) is 132 cm³/mol. The minimum Gasteiger partial charge on any atom is -0.497 e. The zero-order chi connectivity index (χ0) is 22.6. The molecule has 3 heterocycles. The Hall–Kier alpha value is -1.92. The Bertz CT molecular complexity index is 879. The van der Waals surface area contributed by atoms with Crippen LogP contribution in [0.15, 0.2) is 48.5 Å². The van der Waals surface area contributed by atoms with Gasteiger partial charge in [-0.3, -0.25) is 4.90 Å². The standard InChI is InChI=1S/C28H38N2O3/c1-32-25-10-8-23(9-11-25)22-4-6-24(7-5-22)28-26-19-29(18-21-12-16-33-17-13-21)14-2-3-15-30(26)27(28)20-31/h4-11,21,26-28,31H,2-3,12-20H2,1H3/t26-,27-,28-/m1/s1. The summed E-state index contributed by atoms with van der Waals surface area (Å²) in [7, 11) is 1.70. The molecule has 3 fully saturated rings. The van der Waals surface area contributed by atoms with E-state index in [2.05, 4.69) is 46.2 Å². The lowest BCUT2D eigenvalue weighted by molar-refractivity contribution is -0.0677. The van der Waals surface area contributed by atoms with Gasteiger partial charge in [-0.05, 0) is 73.5 Å². The van der Waals surface area contributed by atoms with Crippen LogP contribution in [-0.2, 0) is 4.74 Å². The van der Waals surface area contributed by atoms with Crippen LogP contribution in [0, 0.1) is 5.92 Å². The number of hydrogen-bond donors (Lipinski definition) is 1. The molecule has 3 aliphatic rings. The van der Waals surface area contributed by atoms with E-state index in [4.69, 9.17) is 9.47 Å². The van der Waals surface area contributed by atoms with E-state index in [0.29, 0.717) is 12.0 Å². The molecule has 5 rings (SSSR count). The van der Waals surface area contributed by atoms with Crippen molar-refractivity contribution in [1.29, 1.82) is 0 Å². The first-order chi connectivity index (χ1) is 16.3. The average Bonchev–Trinajstić information content (AvgIpc) is 2.85. The molecule has 2 aromatic rings. The number of rotatable bonds is 6. The predicted octanol–water partition coefficient (Wildman–Crippen LogP) is 4.01. The number of benzene rings is 2. The SMILES string of the molecule is COc1ccc(-c2ccc([C@H]3[C@@H](CO)N4CCCCN(CC5CCOCC5)C[C@H]34)cc2)cc1. The van der Waals surface area contributed by atoms with Crippen molar-refractivity contribution in [2.45, 2.75) is 43.7 Å². The molecule has 3 atom stereocenters. The molecule has 0 aliphatic carbocycles. The third-order valence-electron chi connectivity index (χ3n) is 8.03. The van der Waals surface area contributed by atoms with Crippen molar-refractivity contribution in [3.63, 3.8) is 0 Å². The molecular formula is C28H38N2O3. The van der Waals surface area contributed by atoms with Crippen molar-refractivity contribution in [3.8, 4) is 16.9 Å². The zero-order valence-electron chi connectivity index (χ0n) is 19.9. The maximum absolute atomic E-state index is 10.2. The van der Waals surface area contributed by atoms with Crippen molar-refractivity contribution in [2.24, 2.45) is 5.92 Å². The van der Waals surface area contributed by atoms with Gasteiger partial charge in [-0.25, -0.2) is 0 Å². The summed E-state index contributed by atoms with van der Waals surface area (Å²) in [5.74, 6) is 2.04. The maximum Gasteiger partial charge on any atom is 0.118 e. The number of methoxy groups -OCH3 is 1. The summed E-state index contributed by atoms with van der Waals surface area (Å²) in [5.41, 5.74) is 3.78. The molecule has 3 aliphatic heterocycles. The van der Waals surface area contributed by atoms with Gasteiger partial charge in [0.25, 0.3) is 0 Å². The van der Waals surface area contributed by atoms with Gasteiger partial charge in [0.15, 0.2) is 0 Å². The highest BCUT2D eigenvalue weighted by molar-refractivity contribution is 5.64. The van der Waals surface area contributed by atoms with E-state index in [-0.39, 0.29) is 12.6 Å². The number of ether oxygens (including phenoxy) is 2. The highest BCUT2D eigenvalue weighted by Crippen LogP contribution is 2.42. The molecule has 178 valence electrons. The van der Waals surface area contributed by atoms with Gasteiger partial charge in [-0.15, -0.1) is 0 Å². The molecule has 0 amide bonds. The molecule has 0 radical (unpaired) electrons. The van der Waals surface area contributed by atoms with Crippen LogP contribution in [0.1, 0.15) is 37.2 Å². The molecule has 33 heavy (non-hydrogen) atoms. The van der Waals surface area contributed by atoms with Crippen LogP contribution in [-0.4, -0.2) is 80.1 Å². The number of aliphatic hydroxyl groups excluding tert-OH is 1. The monoisotopic (exact) mass is 450 g/mol. The maximum atomic E-state index is 10.2. The second-order valence-corrected chi connectivity index (χ2v) is 9.95. The second kappa shape index (κ2) is 10.6. The number of fused-ring (bicyclic) bond motifs is 1. The molecule has 0 unspecified atom stereocenters. The van der Waals surface area contributed by atoms with E-state index in [0.717, 1.165) is 38.0 Å². The van der Waals surface area contributed by atoms with Crippen molar-refractivity contribution in [2.75, 3.05) is 53.1 Å². The van der Waals surface area contributed by atoms with Gasteiger partial charge in [0.05, 0.1) is 13.7 Å². The molecule has 1 N–H and O–H groups in total. The topological polar surface area (TPSA) is 45.2 Å². The van der Waals surface area contributed by atoms with E-state index in [9.17, 15) is 5.11 Å². The summed E-state index contributed by atoms with van der Waals surface area (Å²) < 4.78 is 10.9. The fraction of sp³-hybridized carbons (Fsp3) is 0.571. The molecule has 0 bridgehead atoms. The minimum absolute atomic E-state index is 0.237. The lowest BCUT2D eigenvalue weighted by Crippen LogP contribution is -2.67. The number of nitrogens with zero attached hydrogens (tertiary/aromatic N) is 2. The number of aliphatic hydroxyl groups is 1. The summed E-state index contributed by atoms with van der Waals surface area (Å²) in [6, 6.07) is 18.0. The summed E-state index contributed by atoms with van der Waals surface area (Å²) in [4.78, 5) is 5.29. The van der Waals surface area contributed by atoms with Gasteiger partial charge in [0, 0.05) is 44.3 Å². The Morgan fingerprint density at radius 3 is 2.27 bits per heavy atom. The lowest BCUT2D eigenvalue weighted by atomic mass is 9.74. The van der Waals surface area contributed by atoms with Crippen molar-refractivity contribution in [3.05, 3.63) is 54.1 Å². The average molecular weight is 451 g/mol. The number of hydrogen-bond acceptors (Lipinski definition) is 5. The van der Waals surface area contributed by atoms with Crippen molar-refractivity contribution < 1.29 is 14.6 Å². The highest BCUT2D eigenvalue weighted by Gasteiger charge is 2.49. The first-order valence-corrected chi connectivity index (χ1v) is 12.7. The van der Waals surface area contributed by atoms with Gasteiger partial charge >= 0.3 is 0 Å². The molecule has 5 heteroatoms. The molecule has 0 saturated carbocycles. The molecule has 0 aromatic heterocycles. The Balaban J connectivity index is 1.31. The Labute approximate surface area is 198 Å². The van der Waals surface area contributed by atoms with Gasteiger partial charge in [0.2, 0.25) is 0 Å². The van der Waals surface area contributed by atoms with Gasteiger partial charge < -0.3 is 19.5 Å². The fourth-order valence-electron chi connectivity index (χ4n) is 6.15. The second-order valence-electron chi connectivity index (χ2n) is 9.95. The zero-order valence-corrected chi connectivity index (χ0v) is 19.9. The molecular weight excluding hydrogens is 412 g/mol. The normalized spacial score (nSPS) is 27.3. The Kier molecular flexibility index (Phi) is 7.31. The third-order valence-corrected chi connectivity index (χ3v) is 8.03. The smallest absolute Gasteiger partial charge is 0.118 e. The first kappa shape index (κ1) is 22.9. The van der Waals surface area contributed by atoms with Crippen LogP contribution < -0.4 is 4.74 Å². The van der Waals surface area contributed by atoms with E-state index in [1.54, 1.807) is 7.11 Å². The third kappa shape index (κ3) is 4.97. The summed E-state index contributed by atoms with van der Waals surface area (Å²) in [6.07, 6.45) is 4.87. The van der Waals surface area contributed by atoms with Crippen LogP contribution in [0.4, 0.5) is 0 Å². The molecule has 0 spiro atoms. The molecule has 3 saturated heterocycles. The summed E-state index contributed by atoms with van der Waals surface area (Å²) in [5, 5.41) is 10.2. The van der Waals surface area contributed by atoms with Crippen LogP contribution in [0.3, 0.4) is 0 Å². The molecule has 2 aromatic carbocycles. The van der Waals surface area contributed by atoms with Crippen molar-refractivity contribution >= 4 is 0 Å². The fourth-order valence-corrected chi connectivity index (χ4v) is 6.15.